The highest BCUT2D eigenvalue weighted by molar-refractivity contribution is 9.10. The van der Waals surface area contributed by atoms with E-state index in [9.17, 15) is 0 Å². The smallest absolute Gasteiger partial charge is 0.147 e. The molecule has 0 radical (unpaired) electrons. The molecule has 0 atom stereocenters. The molecular formula is C16H19BrN4. The van der Waals surface area contributed by atoms with Gasteiger partial charge in [0.1, 0.15) is 11.6 Å². The summed E-state index contributed by atoms with van der Waals surface area (Å²) in [6.07, 6.45) is 6.39. The van der Waals surface area contributed by atoms with E-state index in [1.807, 2.05) is 18.2 Å². The maximum absolute atomic E-state index is 5.67. The van der Waals surface area contributed by atoms with Gasteiger partial charge < -0.3 is 5.43 Å². The fraction of sp³-hybridized carbons (Fsp3) is 0.375. The number of hydrogen-bond donors (Lipinski definition) is 2. The Balaban J connectivity index is 1.96. The zero-order valence-electron chi connectivity index (χ0n) is 11.9. The third-order valence-corrected chi connectivity index (χ3v) is 4.70. The molecule has 0 unspecified atom stereocenters. The van der Waals surface area contributed by atoms with Gasteiger partial charge in [-0.1, -0.05) is 40.5 Å². The molecule has 0 aliphatic heterocycles. The Labute approximate surface area is 133 Å². The minimum atomic E-state index is 0.712. The van der Waals surface area contributed by atoms with Crippen LogP contribution in [0.15, 0.2) is 28.7 Å². The first-order valence-electron chi connectivity index (χ1n) is 7.36. The summed E-state index contributed by atoms with van der Waals surface area (Å²) >= 11 is 3.58. The number of aromatic nitrogens is 2. The summed E-state index contributed by atoms with van der Waals surface area (Å²) in [6.45, 7) is 0. The van der Waals surface area contributed by atoms with Crippen molar-refractivity contribution in [2.24, 2.45) is 5.84 Å². The molecule has 0 spiro atoms. The van der Waals surface area contributed by atoms with Gasteiger partial charge in [-0.15, -0.1) is 0 Å². The average molecular weight is 347 g/mol. The van der Waals surface area contributed by atoms with Gasteiger partial charge in [-0.3, -0.25) is 0 Å². The Morgan fingerprint density at radius 2 is 1.90 bits per heavy atom. The molecule has 3 rings (SSSR count). The van der Waals surface area contributed by atoms with Gasteiger partial charge in [-0.2, -0.15) is 0 Å². The molecule has 1 aliphatic carbocycles. The van der Waals surface area contributed by atoms with Gasteiger partial charge >= 0.3 is 0 Å². The fourth-order valence-electron chi connectivity index (χ4n) is 2.83. The number of hydrogen-bond acceptors (Lipinski definition) is 4. The molecule has 2 aromatic rings. The first-order chi connectivity index (χ1) is 10.3. The van der Waals surface area contributed by atoms with E-state index in [0.29, 0.717) is 6.42 Å². The Morgan fingerprint density at radius 3 is 2.71 bits per heavy atom. The summed E-state index contributed by atoms with van der Waals surface area (Å²) in [5.41, 5.74) is 6.31. The zero-order chi connectivity index (χ0) is 14.7. The lowest BCUT2D eigenvalue weighted by molar-refractivity contribution is 0.708. The molecule has 5 heteroatoms. The number of anilines is 1. The number of nitrogen functional groups attached to an aromatic ring is 1. The van der Waals surface area contributed by atoms with Gasteiger partial charge in [0.25, 0.3) is 0 Å². The van der Waals surface area contributed by atoms with Crippen LogP contribution in [0.4, 0.5) is 5.82 Å². The van der Waals surface area contributed by atoms with Crippen LogP contribution in [-0.4, -0.2) is 9.97 Å². The summed E-state index contributed by atoms with van der Waals surface area (Å²) in [7, 11) is 0. The van der Waals surface area contributed by atoms with Gasteiger partial charge in [0.2, 0.25) is 0 Å². The minimum Gasteiger partial charge on any atom is -0.308 e. The van der Waals surface area contributed by atoms with E-state index >= 15 is 0 Å². The molecular weight excluding hydrogens is 328 g/mol. The van der Waals surface area contributed by atoms with Crippen LogP contribution in [0.5, 0.6) is 0 Å². The third kappa shape index (κ3) is 3.24. The predicted molar refractivity (Wildman–Crippen MR) is 88.0 cm³/mol. The van der Waals surface area contributed by atoms with Gasteiger partial charge in [0.15, 0.2) is 0 Å². The molecule has 21 heavy (non-hydrogen) atoms. The second-order valence-electron chi connectivity index (χ2n) is 5.39. The lowest BCUT2D eigenvalue weighted by atomic mass is 10.1. The highest BCUT2D eigenvalue weighted by Crippen LogP contribution is 2.26. The average Bonchev–Trinajstić information content (AvgIpc) is 2.74. The third-order valence-electron chi connectivity index (χ3n) is 3.92. The molecule has 0 saturated carbocycles. The van der Waals surface area contributed by atoms with Crippen molar-refractivity contribution in [3.8, 4) is 0 Å². The number of rotatable bonds is 3. The van der Waals surface area contributed by atoms with Crippen LogP contribution >= 0.6 is 15.9 Å². The van der Waals surface area contributed by atoms with Crippen LogP contribution in [0.25, 0.3) is 0 Å². The van der Waals surface area contributed by atoms with Gasteiger partial charge in [-0.05, 0) is 37.3 Å². The molecule has 1 aromatic carbocycles. The van der Waals surface area contributed by atoms with Gasteiger partial charge in [0.05, 0.1) is 0 Å². The molecule has 1 aliphatic rings. The number of nitrogens with two attached hydrogens (primary N) is 1. The molecule has 0 fully saturated rings. The van der Waals surface area contributed by atoms with E-state index < -0.39 is 0 Å². The minimum absolute atomic E-state index is 0.712. The first kappa shape index (κ1) is 14.5. The molecule has 1 heterocycles. The van der Waals surface area contributed by atoms with Crippen molar-refractivity contribution in [3.05, 3.63) is 51.4 Å². The van der Waals surface area contributed by atoms with Crippen molar-refractivity contribution < 1.29 is 0 Å². The fourth-order valence-corrected chi connectivity index (χ4v) is 3.26. The highest BCUT2D eigenvalue weighted by Gasteiger charge is 2.16. The Bertz CT molecular complexity index is 642. The van der Waals surface area contributed by atoms with Crippen molar-refractivity contribution in [3.63, 3.8) is 0 Å². The van der Waals surface area contributed by atoms with Crippen molar-refractivity contribution in [1.29, 1.82) is 0 Å². The van der Waals surface area contributed by atoms with E-state index in [2.05, 4.69) is 32.4 Å². The van der Waals surface area contributed by atoms with Crippen molar-refractivity contribution in [1.82, 2.24) is 9.97 Å². The number of hydrazine groups is 1. The van der Waals surface area contributed by atoms with Crippen LogP contribution in [-0.2, 0) is 19.3 Å². The maximum Gasteiger partial charge on any atom is 0.147 e. The molecule has 3 N–H and O–H groups in total. The largest absolute Gasteiger partial charge is 0.308 e. The quantitative estimate of drug-likeness (QED) is 0.508. The number of fused-ring (bicyclic) bond motifs is 1. The van der Waals surface area contributed by atoms with Crippen LogP contribution < -0.4 is 11.3 Å². The lowest BCUT2D eigenvalue weighted by Crippen LogP contribution is -2.15. The second-order valence-corrected chi connectivity index (χ2v) is 6.24. The Kier molecular flexibility index (Phi) is 4.51. The maximum atomic E-state index is 5.67. The Morgan fingerprint density at radius 1 is 1.10 bits per heavy atom. The highest BCUT2D eigenvalue weighted by atomic mass is 79.9. The molecule has 4 nitrogen and oxygen atoms in total. The van der Waals surface area contributed by atoms with Crippen molar-refractivity contribution in [2.75, 3.05) is 5.43 Å². The normalized spacial score (nSPS) is 14.4. The van der Waals surface area contributed by atoms with E-state index in [0.717, 1.165) is 34.7 Å². The molecule has 0 saturated heterocycles. The molecule has 110 valence electrons. The molecule has 0 amide bonds. The van der Waals surface area contributed by atoms with Crippen molar-refractivity contribution >= 4 is 21.7 Å². The number of benzene rings is 1. The van der Waals surface area contributed by atoms with E-state index in [1.165, 1.54) is 30.4 Å². The summed E-state index contributed by atoms with van der Waals surface area (Å²) < 4.78 is 1.09. The SMILES string of the molecule is NNc1nc(Cc2ccccc2Br)nc2c1CCCCC2. The van der Waals surface area contributed by atoms with Crippen molar-refractivity contribution in [2.45, 2.75) is 38.5 Å². The lowest BCUT2D eigenvalue weighted by Gasteiger charge is -2.13. The summed E-state index contributed by atoms with van der Waals surface area (Å²) in [4.78, 5) is 9.41. The molecule has 0 bridgehead atoms. The number of halogens is 1. The van der Waals surface area contributed by atoms with E-state index in [1.54, 1.807) is 0 Å². The van der Waals surface area contributed by atoms with Crippen LogP contribution in [0, 0.1) is 0 Å². The predicted octanol–water partition coefficient (Wildman–Crippen LogP) is 3.38. The van der Waals surface area contributed by atoms with Gasteiger partial charge in [-0.25, -0.2) is 15.8 Å². The van der Waals surface area contributed by atoms with Crippen LogP contribution in [0.2, 0.25) is 0 Å². The Hall–Kier alpha value is -1.46. The summed E-state index contributed by atoms with van der Waals surface area (Å²) in [5.74, 6) is 7.29. The van der Waals surface area contributed by atoms with Gasteiger partial charge in [0, 0.05) is 22.2 Å². The number of nitrogens with zero attached hydrogens (tertiary/aromatic N) is 2. The number of aryl methyl sites for hydroxylation is 1. The summed E-state index contributed by atoms with van der Waals surface area (Å²) in [6, 6.07) is 8.18. The van der Waals surface area contributed by atoms with E-state index in [4.69, 9.17) is 10.8 Å². The standard InChI is InChI=1S/C16H19BrN4/c17-13-8-5-4-6-11(13)10-15-19-14-9-3-1-2-7-12(14)16(20-15)21-18/h4-6,8H,1-3,7,9-10,18H2,(H,19,20,21). The monoisotopic (exact) mass is 346 g/mol. The zero-order valence-corrected chi connectivity index (χ0v) is 13.5. The summed E-state index contributed by atoms with van der Waals surface area (Å²) in [5, 5.41) is 0. The van der Waals surface area contributed by atoms with Crippen LogP contribution in [0.3, 0.4) is 0 Å². The second kappa shape index (κ2) is 6.54. The topological polar surface area (TPSA) is 63.8 Å². The van der Waals surface area contributed by atoms with Crippen LogP contribution in [0.1, 0.15) is 41.9 Å². The number of nitrogens with one attached hydrogen (secondary N) is 1. The van der Waals surface area contributed by atoms with E-state index in [-0.39, 0.29) is 0 Å². The molecule has 1 aromatic heterocycles. The first-order valence-corrected chi connectivity index (χ1v) is 8.16.